The molecule has 1 aromatic heterocycles. The summed E-state index contributed by atoms with van der Waals surface area (Å²) in [4.78, 5) is 0. The molecular formula is C20H28N4O. The van der Waals surface area contributed by atoms with E-state index in [2.05, 4.69) is 51.3 Å². The van der Waals surface area contributed by atoms with E-state index in [-0.39, 0.29) is 6.04 Å². The Morgan fingerprint density at radius 3 is 2.96 bits per heavy atom. The van der Waals surface area contributed by atoms with E-state index in [0.717, 1.165) is 36.9 Å². The fourth-order valence-corrected chi connectivity index (χ4v) is 3.94. The molecule has 1 aliphatic carbocycles. The number of ether oxygens (including phenoxy) is 1. The zero-order chi connectivity index (χ0) is 17.1. The highest BCUT2D eigenvalue weighted by Gasteiger charge is 2.20. The Morgan fingerprint density at radius 2 is 2.08 bits per heavy atom. The minimum atomic E-state index is 0.193. The van der Waals surface area contributed by atoms with Crippen LogP contribution in [0.2, 0.25) is 0 Å². The maximum absolute atomic E-state index is 6.12. The van der Waals surface area contributed by atoms with Crippen LogP contribution >= 0.6 is 0 Å². The summed E-state index contributed by atoms with van der Waals surface area (Å²) in [6, 6.07) is 8.67. The molecule has 5 nitrogen and oxygen atoms in total. The third-order valence-corrected chi connectivity index (χ3v) is 5.39. The summed E-state index contributed by atoms with van der Waals surface area (Å²) in [6.07, 6.45) is 8.90. The molecule has 1 fully saturated rings. The third-order valence-electron chi connectivity index (χ3n) is 5.39. The molecule has 134 valence electrons. The molecule has 2 aromatic rings. The first-order chi connectivity index (χ1) is 12.3. The Hall–Kier alpha value is -1.88. The minimum absolute atomic E-state index is 0.193. The molecule has 1 saturated carbocycles. The van der Waals surface area contributed by atoms with Crippen molar-refractivity contribution in [1.29, 1.82) is 0 Å². The van der Waals surface area contributed by atoms with E-state index in [1.807, 2.05) is 0 Å². The lowest BCUT2D eigenvalue weighted by Crippen LogP contribution is -2.23. The summed E-state index contributed by atoms with van der Waals surface area (Å²) in [5, 5.41) is 12.4. The van der Waals surface area contributed by atoms with Gasteiger partial charge in [0.1, 0.15) is 17.4 Å². The van der Waals surface area contributed by atoms with Gasteiger partial charge in [-0.05, 0) is 63.1 Å². The minimum Gasteiger partial charge on any atom is -0.490 e. The van der Waals surface area contributed by atoms with Crippen LogP contribution in [0.4, 0.5) is 0 Å². The maximum atomic E-state index is 6.12. The fraction of sp³-hybridized carbons (Fsp3) is 0.600. The van der Waals surface area contributed by atoms with Gasteiger partial charge < -0.3 is 14.6 Å². The van der Waals surface area contributed by atoms with Crippen LogP contribution in [0, 0.1) is 0 Å². The van der Waals surface area contributed by atoms with Gasteiger partial charge in [-0.2, -0.15) is 0 Å². The Morgan fingerprint density at radius 1 is 1.20 bits per heavy atom. The summed E-state index contributed by atoms with van der Waals surface area (Å²) < 4.78 is 8.41. The average Bonchev–Trinajstić information content (AvgIpc) is 3.29. The molecule has 0 bridgehead atoms. The first-order valence-corrected chi connectivity index (χ1v) is 9.70. The summed E-state index contributed by atoms with van der Waals surface area (Å²) in [5.41, 5.74) is 1.25. The van der Waals surface area contributed by atoms with Crippen molar-refractivity contribution >= 4 is 0 Å². The molecule has 1 atom stereocenters. The van der Waals surface area contributed by atoms with Crippen molar-refractivity contribution in [1.82, 2.24) is 20.1 Å². The fourth-order valence-electron chi connectivity index (χ4n) is 3.94. The summed E-state index contributed by atoms with van der Waals surface area (Å²) in [7, 11) is 0. The number of aryl methyl sites for hydroxylation is 1. The van der Waals surface area contributed by atoms with Crippen molar-refractivity contribution in [3.05, 3.63) is 41.5 Å². The standard InChI is InChI=1S/C20H28N4O/c1-15(20-23-22-19-11-4-5-12-24(19)20)21-14-16-7-6-10-18(13-16)25-17-8-2-3-9-17/h6-7,10,13,15,17,21H,2-5,8-9,11-12,14H2,1H3/t15-/m1/s1. The van der Waals surface area contributed by atoms with Crippen LogP contribution in [0.5, 0.6) is 5.75 Å². The second-order valence-corrected chi connectivity index (χ2v) is 7.36. The SMILES string of the molecule is C[C@@H](NCc1cccc(OC2CCCC2)c1)c1nnc2n1CCCC2. The number of hydrogen-bond acceptors (Lipinski definition) is 4. The first-order valence-electron chi connectivity index (χ1n) is 9.70. The summed E-state index contributed by atoms with van der Waals surface area (Å²) >= 11 is 0. The quantitative estimate of drug-likeness (QED) is 0.869. The normalized spacial score (nSPS) is 18.9. The van der Waals surface area contributed by atoms with E-state index in [4.69, 9.17) is 4.74 Å². The second-order valence-electron chi connectivity index (χ2n) is 7.36. The summed E-state index contributed by atoms with van der Waals surface area (Å²) in [6.45, 7) is 4.03. The van der Waals surface area contributed by atoms with Gasteiger partial charge in [-0.3, -0.25) is 0 Å². The van der Waals surface area contributed by atoms with Gasteiger partial charge >= 0.3 is 0 Å². The number of nitrogens with zero attached hydrogens (tertiary/aromatic N) is 3. The van der Waals surface area contributed by atoms with Crippen LogP contribution in [0.25, 0.3) is 0 Å². The molecule has 0 amide bonds. The lowest BCUT2D eigenvalue weighted by atomic mass is 10.1. The molecule has 0 radical (unpaired) electrons. The lowest BCUT2D eigenvalue weighted by Gasteiger charge is -2.19. The van der Waals surface area contributed by atoms with Crippen LogP contribution < -0.4 is 10.1 Å². The van der Waals surface area contributed by atoms with Crippen LogP contribution in [-0.4, -0.2) is 20.9 Å². The molecule has 2 heterocycles. The Labute approximate surface area is 149 Å². The van der Waals surface area contributed by atoms with E-state index >= 15 is 0 Å². The summed E-state index contributed by atoms with van der Waals surface area (Å²) in [5.74, 6) is 3.20. The number of rotatable bonds is 6. The molecular weight excluding hydrogens is 312 g/mol. The smallest absolute Gasteiger partial charge is 0.149 e. The van der Waals surface area contributed by atoms with Crippen LogP contribution in [0.1, 0.15) is 68.7 Å². The Kier molecular flexibility index (Phi) is 5.02. The topological polar surface area (TPSA) is 52.0 Å². The largest absolute Gasteiger partial charge is 0.490 e. The molecule has 1 N–H and O–H groups in total. The third kappa shape index (κ3) is 3.87. The van der Waals surface area contributed by atoms with E-state index in [1.54, 1.807) is 0 Å². The number of benzene rings is 1. The number of nitrogens with one attached hydrogen (secondary N) is 1. The van der Waals surface area contributed by atoms with Gasteiger partial charge in [0.15, 0.2) is 0 Å². The van der Waals surface area contributed by atoms with Crippen molar-refractivity contribution in [2.24, 2.45) is 0 Å². The van der Waals surface area contributed by atoms with E-state index < -0.39 is 0 Å². The van der Waals surface area contributed by atoms with Gasteiger partial charge in [-0.1, -0.05) is 12.1 Å². The molecule has 0 saturated heterocycles. The molecule has 1 aromatic carbocycles. The number of fused-ring (bicyclic) bond motifs is 1. The van der Waals surface area contributed by atoms with Crippen LogP contribution in [-0.2, 0) is 19.5 Å². The zero-order valence-corrected chi connectivity index (χ0v) is 15.1. The molecule has 0 unspecified atom stereocenters. The van der Waals surface area contributed by atoms with E-state index in [9.17, 15) is 0 Å². The Balaban J connectivity index is 1.36. The molecule has 2 aliphatic rings. The highest BCUT2D eigenvalue weighted by Crippen LogP contribution is 2.25. The average molecular weight is 340 g/mol. The van der Waals surface area contributed by atoms with Gasteiger partial charge in [0, 0.05) is 19.5 Å². The van der Waals surface area contributed by atoms with E-state index in [0.29, 0.717) is 6.10 Å². The highest BCUT2D eigenvalue weighted by atomic mass is 16.5. The number of aromatic nitrogens is 3. The molecule has 4 rings (SSSR count). The highest BCUT2D eigenvalue weighted by molar-refractivity contribution is 5.28. The predicted octanol–water partition coefficient (Wildman–Crippen LogP) is 3.79. The van der Waals surface area contributed by atoms with Gasteiger partial charge in [-0.25, -0.2) is 0 Å². The van der Waals surface area contributed by atoms with Gasteiger partial charge in [0.2, 0.25) is 0 Å². The van der Waals surface area contributed by atoms with Crippen LogP contribution in [0.3, 0.4) is 0 Å². The van der Waals surface area contributed by atoms with E-state index in [1.165, 1.54) is 44.1 Å². The first kappa shape index (κ1) is 16.6. The van der Waals surface area contributed by atoms with Crippen molar-refractivity contribution < 1.29 is 4.74 Å². The van der Waals surface area contributed by atoms with Crippen molar-refractivity contribution in [3.63, 3.8) is 0 Å². The molecule has 1 aliphatic heterocycles. The molecule has 25 heavy (non-hydrogen) atoms. The van der Waals surface area contributed by atoms with Gasteiger partial charge in [0.05, 0.1) is 12.1 Å². The van der Waals surface area contributed by atoms with Crippen LogP contribution in [0.15, 0.2) is 24.3 Å². The maximum Gasteiger partial charge on any atom is 0.149 e. The second kappa shape index (κ2) is 7.56. The number of hydrogen-bond donors (Lipinski definition) is 1. The monoisotopic (exact) mass is 340 g/mol. The van der Waals surface area contributed by atoms with Crippen molar-refractivity contribution in [2.45, 2.75) is 77.1 Å². The lowest BCUT2D eigenvalue weighted by molar-refractivity contribution is 0.210. The molecule has 0 spiro atoms. The predicted molar refractivity (Wildman–Crippen MR) is 97.5 cm³/mol. The van der Waals surface area contributed by atoms with Gasteiger partial charge in [-0.15, -0.1) is 10.2 Å². The van der Waals surface area contributed by atoms with Crippen molar-refractivity contribution in [2.75, 3.05) is 0 Å². The zero-order valence-electron chi connectivity index (χ0n) is 15.1. The van der Waals surface area contributed by atoms with Gasteiger partial charge in [0.25, 0.3) is 0 Å². The molecule has 5 heteroatoms. The Bertz CT molecular complexity index is 705. The van der Waals surface area contributed by atoms with Crippen molar-refractivity contribution in [3.8, 4) is 5.75 Å².